The van der Waals surface area contributed by atoms with Crippen LogP contribution in [-0.4, -0.2) is 16.1 Å². The minimum absolute atomic E-state index is 0. The van der Waals surface area contributed by atoms with Crippen LogP contribution in [0.2, 0.25) is 5.02 Å². The number of hydrogen-bond acceptors (Lipinski definition) is 6. The summed E-state index contributed by atoms with van der Waals surface area (Å²) in [5.74, 6) is -1.51. The summed E-state index contributed by atoms with van der Waals surface area (Å²) in [6.45, 7) is 0. The minimum Gasteiger partial charge on any atom is -0.543 e. The molecule has 6 nitrogen and oxygen atoms in total. The molecule has 1 atom stereocenters. The van der Waals surface area contributed by atoms with Crippen molar-refractivity contribution in [1.82, 2.24) is 4.98 Å². The normalized spacial score (nSPS) is 17.7. The number of aromatic nitrogens is 1. The minimum atomic E-state index is -1.51. The zero-order valence-corrected chi connectivity index (χ0v) is 12.8. The Labute approximate surface area is 134 Å². The van der Waals surface area contributed by atoms with Crippen LogP contribution in [0.4, 0.5) is 5.69 Å². The number of halogens is 2. The van der Waals surface area contributed by atoms with Crippen molar-refractivity contribution in [2.24, 2.45) is 5.16 Å². The third-order valence-corrected chi connectivity index (χ3v) is 2.78. The topological polar surface area (TPSA) is 101 Å². The molecule has 0 saturated heterocycles. The largest absolute Gasteiger partial charge is 1.00 e. The van der Waals surface area contributed by atoms with Gasteiger partial charge in [0, 0.05) is 6.42 Å². The van der Waals surface area contributed by atoms with Gasteiger partial charge in [-0.3, -0.25) is 0 Å². The van der Waals surface area contributed by atoms with Gasteiger partial charge >= 0.3 is 29.6 Å². The average Bonchev–Trinajstić information content (AvgIpc) is 2.68. The van der Waals surface area contributed by atoms with Crippen molar-refractivity contribution < 1.29 is 44.3 Å². The number of carboxylic acids is 1. The second kappa shape index (κ2) is 6.08. The van der Waals surface area contributed by atoms with E-state index in [2.05, 4.69) is 10.1 Å². The van der Waals surface area contributed by atoms with E-state index in [9.17, 15) is 9.90 Å². The summed E-state index contributed by atoms with van der Waals surface area (Å²) >= 11 is 11.3. The van der Waals surface area contributed by atoms with E-state index in [0.717, 1.165) is 0 Å². The van der Waals surface area contributed by atoms with E-state index >= 15 is 0 Å². The molecule has 1 aliphatic rings. The summed E-state index contributed by atoms with van der Waals surface area (Å²) in [5, 5.41) is 14.4. The Morgan fingerprint density at radius 1 is 1.56 bits per heavy atom. The first-order valence-electron chi connectivity index (χ1n) is 4.54. The number of nitrogens with zero attached hydrogens (tertiary/aromatic N) is 2. The second-order valence-corrected chi connectivity index (χ2v) is 4.17. The molecule has 2 N–H and O–H groups in total. The van der Waals surface area contributed by atoms with Crippen LogP contribution in [0.3, 0.4) is 0 Å². The molecule has 0 aromatic carbocycles. The molecule has 1 aromatic rings. The fourth-order valence-electron chi connectivity index (χ4n) is 1.38. The van der Waals surface area contributed by atoms with E-state index in [1.165, 1.54) is 6.07 Å². The van der Waals surface area contributed by atoms with Crippen LogP contribution in [0.15, 0.2) is 11.2 Å². The number of nitrogens with two attached hydrogens (primary N) is 1. The van der Waals surface area contributed by atoms with Gasteiger partial charge < -0.3 is 20.5 Å². The van der Waals surface area contributed by atoms with Gasteiger partial charge in [-0.05, 0) is 6.07 Å². The molecule has 1 aromatic heterocycles. The molecule has 0 bridgehead atoms. The molecule has 1 aliphatic heterocycles. The van der Waals surface area contributed by atoms with Crippen molar-refractivity contribution in [3.05, 3.63) is 22.5 Å². The van der Waals surface area contributed by atoms with Gasteiger partial charge in [0.1, 0.15) is 10.9 Å². The van der Waals surface area contributed by atoms with Gasteiger partial charge in [-0.1, -0.05) is 28.4 Å². The number of pyridine rings is 1. The molecule has 1 unspecified atom stereocenters. The third-order valence-electron chi connectivity index (χ3n) is 2.16. The molecular formula is C9H6Cl2N3NaO3. The number of aromatic carboxylic acids is 1. The molecule has 90 valence electrons. The molecular weight excluding hydrogens is 292 g/mol. The third kappa shape index (κ3) is 3.07. The van der Waals surface area contributed by atoms with Crippen LogP contribution in [-0.2, 0) is 4.84 Å². The Hall–Kier alpha value is -0.530. The Morgan fingerprint density at radius 2 is 2.22 bits per heavy atom. The predicted octanol–water partition coefficient (Wildman–Crippen LogP) is -2.30. The van der Waals surface area contributed by atoms with Gasteiger partial charge in [0.2, 0.25) is 0 Å². The number of carbonyl (C=O) groups excluding carboxylic acids is 1. The monoisotopic (exact) mass is 297 g/mol. The van der Waals surface area contributed by atoms with E-state index in [1.54, 1.807) is 0 Å². The van der Waals surface area contributed by atoms with Gasteiger partial charge in [-0.2, -0.15) is 0 Å². The Kier molecular flexibility index (Phi) is 5.24. The van der Waals surface area contributed by atoms with Crippen molar-refractivity contribution in [3.63, 3.8) is 0 Å². The summed E-state index contributed by atoms with van der Waals surface area (Å²) in [5.41, 5.74) is 5.53. The van der Waals surface area contributed by atoms with Gasteiger partial charge in [0.05, 0.1) is 22.4 Å². The van der Waals surface area contributed by atoms with E-state index in [-0.39, 0.29) is 45.4 Å². The molecule has 0 amide bonds. The zero-order valence-electron chi connectivity index (χ0n) is 9.31. The number of oxime groups is 1. The first kappa shape index (κ1) is 15.5. The summed E-state index contributed by atoms with van der Waals surface area (Å²) in [4.78, 5) is 19.6. The van der Waals surface area contributed by atoms with Crippen LogP contribution in [0, 0.1) is 0 Å². The van der Waals surface area contributed by atoms with Crippen molar-refractivity contribution in [3.8, 4) is 0 Å². The number of carboxylic acid groups (broad SMARTS) is 1. The standard InChI is InChI=1S/C9H7Cl2N3O3.Na/c10-6-2-5(17-14-6)4-1-3(12)7(11)8(13-4)9(15)16;/h1,5H,2H2,(H2,12,13)(H,15,16);/q;+1/p-1. The average molecular weight is 298 g/mol. The number of hydrogen-bond donors (Lipinski definition) is 1. The second-order valence-electron chi connectivity index (χ2n) is 3.35. The summed E-state index contributed by atoms with van der Waals surface area (Å²) in [6.07, 6.45) is -0.248. The molecule has 0 saturated carbocycles. The summed E-state index contributed by atoms with van der Waals surface area (Å²) in [7, 11) is 0. The van der Waals surface area contributed by atoms with Crippen LogP contribution < -0.4 is 40.4 Å². The Balaban J connectivity index is 0.00000162. The first-order chi connectivity index (χ1) is 7.99. The van der Waals surface area contributed by atoms with Gasteiger partial charge in [-0.15, -0.1) is 0 Å². The van der Waals surface area contributed by atoms with Crippen molar-refractivity contribution >= 4 is 40.0 Å². The molecule has 9 heteroatoms. The van der Waals surface area contributed by atoms with Crippen LogP contribution in [0.1, 0.15) is 28.7 Å². The van der Waals surface area contributed by atoms with Crippen molar-refractivity contribution in [2.75, 3.05) is 5.73 Å². The molecule has 0 spiro atoms. The SMILES string of the molecule is Nc1cc(C2CC(Cl)=NO2)nc(C(=O)[O-])c1Cl.[Na+]. The van der Waals surface area contributed by atoms with Crippen molar-refractivity contribution in [1.29, 1.82) is 0 Å². The Bertz CT molecular complexity index is 524. The van der Waals surface area contributed by atoms with Gasteiger partial charge in [0.15, 0.2) is 6.10 Å². The number of nitrogen functional groups attached to an aromatic ring is 1. The summed E-state index contributed by atoms with van der Waals surface area (Å²) in [6, 6.07) is 1.42. The number of carbonyl (C=O) groups is 1. The molecule has 18 heavy (non-hydrogen) atoms. The summed E-state index contributed by atoms with van der Waals surface area (Å²) < 4.78 is 0. The fourth-order valence-corrected chi connectivity index (χ4v) is 1.73. The fraction of sp³-hybridized carbons (Fsp3) is 0.222. The van der Waals surface area contributed by atoms with Crippen molar-refractivity contribution in [2.45, 2.75) is 12.5 Å². The first-order valence-corrected chi connectivity index (χ1v) is 5.30. The zero-order chi connectivity index (χ0) is 12.6. The van der Waals surface area contributed by atoms with Crippen LogP contribution in [0.5, 0.6) is 0 Å². The number of anilines is 1. The molecule has 0 aliphatic carbocycles. The Morgan fingerprint density at radius 3 is 2.72 bits per heavy atom. The van der Waals surface area contributed by atoms with Crippen LogP contribution in [0.25, 0.3) is 0 Å². The molecule has 2 heterocycles. The van der Waals surface area contributed by atoms with Crippen LogP contribution >= 0.6 is 23.2 Å². The molecule has 2 rings (SSSR count). The maximum atomic E-state index is 10.8. The molecule has 0 fully saturated rings. The maximum Gasteiger partial charge on any atom is 1.00 e. The number of rotatable bonds is 2. The predicted molar refractivity (Wildman–Crippen MR) is 59.7 cm³/mol. The van der Waals surface area contributed by atoms with Gasteiger partial charge in [-0.25, -0.2) is 4.98 Å². The smallest absolute Gasteiger partial charge is 0.543 e. The van der Waals surface area contributed by atoms with Gasteiger partial charge in [0.25, 0.3) is 0 Å². The van der Waals surface area contributed by atoms with E-state index in [0.29, 0.717) is 12.1 Å². The van der Waals surface area contributed by atoms with E-state index in [4.69, 9.17) is 33.8 Å². The van der Waals surface area contributed by atoms with E-state index in [1.807, 2.05) is 0 Å². The van der Waals surface area contributed by atoms with E-state index < -0.39 is 17.8 Å². The quantitative estimate of drug-likeness (QED) is 0.619. The maximum absolute atomic E-state index is 10.8. The molecule has 0 radical (unpaired) electrons.